The summed E-state index contributed by atoms with van der Waals surface area (Å²) in [6, 6.07) is 2.59. The lowest BCUT2D eigenvalue weighted by Gasteiger charge is -2.17. The zero-order valence-electron chi connectivity index (χ0n) is 10.5. The van der Waals surface area contributed by atoms with Crippen LogP contribution in [0.2, 0.25) is 0 Å². The van der Waals surface area contributed by atoms with Crippen LogP contribution >= 0.6 is 0 Å². The highest BCUT2D eigenvalue weighted by Gasteiger charge is 2.34. The van der Waals surface area contributed by atoms with Gasteiger partial charge in [0.25, 0.3) is 0 Å². The summed E-state index contributed by atoms with van der Waals surface area (Å²) in [4.78, 5) is 0. The van der Waals surface area contributed by atoms with E-state index in [1.165, 1.54) is 18.9 Å². The predicted octanol–water partition coefficient (Wildman–Crippen LogP) is 4.42. The monoisotopic (exact) mass is 275 g/mol. The molecule has 0 radical (unpaired) electrons. The lowest BCUT2D eigenvalue weighted by Crippen LogP contribution is -2.16. The first-order chi connectivity index (χ1) is 8.88. The van der Waals surface area contributed by atoms with Crippen LogP contribution in [0.5, 0.6) is 0 Å². The molecule has 1 nitrogen and oxygen atoms in total. The van der Waals surface area contributed by atoms with Gasteiger partial charge in [-0.15, -0.1) is 0 Å². The summed E-state index contributed by atoms with van der Waals surface area (Å²) in [7, 11) is 0. The molecule has 1 fully saturated rings. The van der Waals surface area contributed by atoms with Crippen molar-refractivity contribution < 1.29 is 17.6 Å². The molecule has 106 valence electrons. The first kappa shape index (κ1) is 14.3. The molecule has 2 rings (SSSR count). The molecule has 2 N–H and O–H groups in total. The third kappa shape index (κ3) is 3.47. The maximum absolute atomic E-state index is 13.4. The Morgan fingerprint density at radius 3 is 2.37 bits per heavy atom. The zero-order valence-corrected chi connectivity index (χ0v) is 10.5. The van der Waals surface area contributed by atoms with Gasteiger partial charge in [0.2, 0.25) is 0 Å². The molecule has 0 heterocycles. The number of hydrogen-bond acceptors (Lipinski definition) is 1. The molecule has 0 spiro atoms. The largest absolute Gasteiger partial charge is 0.419 e. The fourth-order valence-electron chi connectivity index (χ4n) is 2.73. The lowest BCUT2D eigenvalue weighted by atomic mass is 9.93. The lowest BCUT2D eigenvalue weighted by molar-refractivity contribution is -0.140. The number of alkyl halides is 3. The second-order valence-corrected chi connectivity index (χ2v) is 5.23. The minimum Gasteiger partial charge on any atom is -0.324 e. The van der Waals surface area contributed by atoms with Gasteiger partial charge in [-0.1, -0.05) is 31.7 Å². The van der Waals surface area contributed by atoms with Gasteiger partial charge in [0.05, 0.1) is 5.56 Å². The van der Waals surface area contributed by atoms with Crippen molar-refractivity contribution in [2.24, 2.45) is 11.7 Å². The smallest absolute Gasteiger partial charge is 0.324 e. The zero-order chi connectivity index (χ0) is 14.0. The van der Waals surface area contributed by atoms with E-state index in [0.29, 0.717) is 17.9 Å². The second kappa shape index (κ2) is 5.49. The van der Waals surface area contributed by atoms with Gasteiger partial charge in [-0.05, 0) is 30.0 Å². The van der Waals surface area contributed by atoms with Gasteiger partial charge in [-0.25, -0.2) is 4.39 Å². The Balaban J connectivity index is 2.10. The van der Waals surface area contributed by atoms with E-state index in [1.807, 2.05) is 0 Å². The average molecular weight is 275 g/mol. The van der Waals surface area contributed by atoms with Crippen molar-refractivity contribution in [1.29, 1.82) is 0 Å². The van der Waals surface area contributed by atoms with Gasteiger partial charge in [-0.2, -0.15) is 13.2 Å². The maximum atomic E-state index is 13.4. The number of hydrogen-bond donors (Lipinski definition) is 1. The quantitative estimate of drug-likeness (QED) is 0.812. The van der Waals surface area contributed by atoms with Crippen LogP contribution in [0.3, 0.4) is 0 Å². The molecule has 1 unspecified atom stereocenters. The van der Waals surface area contributed by atoms with Crippen LogP contribution < -0.4 is 5.73 Å². The third-order valence-corrected chi connectivity index (χ3v) is 3.79. The van der Waals surface area contributed by atoms with Gasteiger partial charge >= 0.3 is 6.18 Å². The summed E-state index contributed by atoms with van der Waals surface area (Å²) >= 11 is 0. The highest BCUT2D eigenvalue weighted by atomic mass is 19.4. The Morgan fingerprint density at radius 1 is 1.21 bits per heavy atom. The molecule has 1 atom stereocenters. The van der Waals surface area contributed by atoms with E-state index in [1.54, 1.807) is 0 Å². The second-order valence-electron chi connectivity index (χ2n) is 5.23. The third-order valence-electron chi connectivity index (χ3n) is 3.79. The Hall–Kier alpha value is -1.10. The standard InChI is InChI=1S/C14H17F4N/c15-12-8-10(5-6-11(12)14(16,17)18)13(19)7-9-3-1-2-4-9/h5-6,8-9,13H,1-4,7,19H2. The molecular formula is C14H17F4N. The topological polar surface area (TPSA) is 26.0 Å². The summed E-state index contributed by atoms with van der Waals surface area (Å²) in [5, 5.41) is 0. The van der Waals surface area contributed by atoms with Gasteiger partial charge in [0, 0.05) is 6.04 Å². The number of halogens is 4. The van der Waals surface area contributed by atoms with Crippen molar-refractivity contribution in [3.63, 3.8) is 0 Å². The summed E-state index contributed by atoms with van der Waals surface area (Å²) in [6.45, 7) is 0. The first-order valence-corrected chi connectivity index (χ1v) is 6.50. The molecule has 0 aliphatic heterocycles. The van der Waals surface area contributed by atoms with Crippen molar-refractivity contribution in [3.05, 3.63) is 35.1 Å². The van der Waals surface area contributed by atoms with E-state index < -0.39 is 17.6 Å². The van der Waals surface area contributed by atoms with Gasteiger partial charge in [0.15, 0.2) is 0 Å². The van der Waals surface area contributed by atoms with Crippen LogP contribution in [0.15, 0.2) is 18.2 Å². The summed E-state index contributed by atoms with van der Waals surface area (Å²) in [5.41, 5.74) is 5.16. The summed E-state index contributed by atoms with van der Waals surface area (Å²) in [6.07, 6.45) is 0.633. The van der Waals surface area contributed by atoms with Crippen LogP contribution in [-0.4, -0.2) is 0 Å². The minimum absolute atomic E-state index is 0.389. The van der Waals surface area contributed by atoms with Crippen LogP contribution in [0.1, 0.15) is 49.3 Å². The molecule has 0 saturated heterocycles. The van der Waals surface area contributed by atoms with E-state index in [2.05, 4.69) is 0 Å². The van der Waals surface area contributed by atoms with E-state index in [9.17, 15) is 17.6 Å². The maximum Gasteiger partial charge on any atom is 0.419 e. The van der Waals surface area contributed by atoms with Crippen LogP contribution in [0.4, 0.5) is 17.6 Å². The predicted molar refractivity (Wildman–Crippen MR) is 64.9 cm³/mol. The number of nitrogens with two attached hydrogens (primary N) is 1. The van der Waals surface area contributed by atoms with Crippen LogP contribution in [-0.2, 0) is 6.18 Å². The number of rotatable bonds is 3. The Morgan fingerprint density at radius 2 is 1.84 bits per heavy atom. The van der Waals surface area contributed by atoms with E-state index >= 15 is 0 Å². The molecule has 1 aliphatic carbocycles. The summed E-state index contributed by atoms with van der Waals surface area (Å²) in [5.74, 6) is -0.729. The van der Waals surface area contributed by atoms with Crippen molar-refractivity contribution >= 4 is 0 Å². The first-order valence-electron chi connectivity index (χ1n) is 6.50. The highest BCUT2D eigenvalue weighted by molar-refractivity contribution is 5.28. The van der Waals surface area contributed by atoms with E-state index in [-0.39, 0.29) is 6.04 Å². The Labute approximate surface area is 109 Å². The molecule has 0 bridgehead atoms. The molecule has 0 amide bonds. The van der Waals surface area contributed by atoms with Crippen molar-refractivity contribution in [2.75, 3.05) is 0 Å². The Kier molecular flexibility index (Phi) is 4.13. The summed E-state index contributed by atoms with van der Waals surface area (Å²) < 4.78 is 50.8. The van der Waals surface area contributed by atoms with Crippen LogP contribution in [0.25, 0.3) is 0 Å². The van der Waals surface area contributed by atoms with Gasteiger partial charge in [0.1, 0.15) is 5.82 Å². The molecular weight excluding hydrogens is 258 g/mol. The molecule has 5 heteroatoms. The fourth-order valence-corrected chi connectivity index (χ4v) is 2.73. The highest BCUT2D eigenvalue weighted by Crippen LogP contribution is 2.35. The molecule has 19 heavy (non-hydrogen) atoms. The molecule has 1 aromatic rings. The molecule has 1 aromatic carbocycles. The normalized spacial score (nSPS) is 18.8. The van der Waals surface area contributed by atoms with Gasteiger partial charge < -0.3 is 5.73 Å². The molecule has 1 aliphatic rings. The van der Waals surface area contributed by atoms with Gasteiger partial charge in [-0.3, -0.25) is 0 Å². The Bertz CT molecular complexity index is 436. The minimum atomic E-state index is -4.65. The molecule has 1 saturated carbocycles. The fraction of sp³-hybridized carbons (Fsp3) is 0.571. The number of benzene rings is 1. The van der Waals surface area contributed by atoms with Crippen molar-refractivity contribution in [3.8, 4) is 0 Å². The van der Waals surface area contributed by atoms with Crippen molar-refractivity contribution in [2.45, 2.75) is 44.3 Å². The average Bonchev–Trinajstić information content (AvgIpc) is 2.79. The van der Waals surface area contributed by atoms with Crippen molar-refractivity contribution in [1.82, 2.24) is 0 Å². The van der Waals surface area contributed by atoms with Crippen LogP contribution in [0, 0.1) is 11.7 Å². The molecule has 0 aromatic heterocycles. The van der Waals surface area contributed by atoms with E-state index in [0.717, 1.165) is 25.0 Å². The SMILES string of the molecule is NC(CC1CCCC1)c1ccc(C(F)(F)F)c(F)c1. The van der Waals surface area contributed by atoms with E-state index in [4.69, 9.17) is 5.73 Å².